The number of fused-ring (bicyclic) bond motifs is 3. The van der Waals surface area contributed by atoms with E-state index in [9.17, 15) is 0 Å². The predicted molar refractivity (Wildman–Crippen MR) is 61.7 cm³/mol. The van der Waals surface area contributed by atoms with Crippen LogP contribution >= 0.6 is 0 Å². The monoisotopic (exact) mass is 192 g/mol. The van der Waals surface area contributed by atoms with Crippen molar-refractivity contribution in [2.75, 3.05) is 7.11 Å². The van der Waals surface area contributed by atoms with Gasteiger partial charge in [0.05, 0.1) is 0 Å². The van der Waals surface area contributed by atoms with Crippen molar-refractivity contribution < 1.29 is 4.65 Å². The first kappa shape index (κ1) is 10.3. The van der Waals surface area contributed by atoms with E-state index in [1.165, 1.54) is 38.5 Å². The van der Waals surface area contributed by atoms with Crippen LogP contribution in [0.3, 0.4) is 0 Å². The van der Waals surface area contributed by atoms with Gasteiger partial charge in [-0.25, -0.2) is 0 Å². The van der Waals surface area contributed by atoms with Gasteiger partial charge < -0.3 is 4.65 Å². The van der Waals surface area contributed by atoms with Gasteiger partial charge in [0, 0.05) is 7.11 Å². The maximum atomic E-state index is 5.72. The lowest BCUT2D eigenvalue weighted by molar-refractivity contribution is 0.387. The van der Waals surface area contributed by atoms with E-state index in [1.54, 1.807) is 0 Å². The van der Waals surface area contributed by atoms with E-state index >= 15 is 0 Å². The van der Waals surface area contributed by atoms with Crippen molar-refractivity contribution in [3.05, 3.63) is 12.7 Å². The molecule has 1 atom stereocenters. The minimum atomic E-state index is 0.461. The molecule has 2 heterocycles. The standard InChI is InChI=1S/C12H21BO/c1-3-12-10-6-4-8-11(9-5-7-10)13(12)14-2/h3,10-12H,1,4-9H2,2H3. The molecule has 1 nitrogen and oxygen atoms in total. The Morgan fingerprint density at radius 2 is 1.86 bits per heavy atom. The fourth-order valence-corrected chi connectivity index (χ4v) is 3.55. The van der Waals surface area contributed by atoms with E-state index in [0.29, 0.717) is 12.7 Å². The van der Waals surface area contributed by atoms with Crippen molar-refractivity contribution in [3.8, 4) is 0 Å². The Balaban J connectivity index is 2.22. The van der Waals surface area contributed by atoms with Crippen LogP contribution in [0.5, 0.6) is 0 Å². The van der Waals surface area contributed by atoms with Crippen molar-refractivity contribution in [2.24, 2.45) is 5.92 Å². The molecule has 0 spiro atoms. The smallest absolute Gasteiger partial charge is 0.303 e. The molecular weight excluding hydrogens is 171 g/mol. The van der Waals surface area contributed by atoms with Gasteiger partial charge in [-0.3, -0.25) is 0 Å². The highest BCUT2D eigenvalue weighted by molar-refractivity contribution is 6.56. The van der Waals surface area contributed by atoms with Crippen LogP contribution < -0.4 is 0 Å². The minimum absolute atomic E-state index is 0.461. The van der Waals surface area contributed by atoms with Gasteiger partial charge in [-0.1, -0.05) is 44.6 Å². The van der Waals surface area contributed by atoms with Gasteiger partial charge in [-0.2, -0.15) is 0 Å². The second-order valence-corrected chi connectivity index (χ2v) is 4.90. The third-order valence-electron chi connectivity index (χ3n) is 4.23. The summed E-state index contributed by atoms with van der Waals surface area (Å²) in [6.07, 6.45) is 10.5. The normalized spacial score (nSPS) is 37.8. The summed E-state index contributed by atoms with van der Waals surface area (Å²) in [5.41, 5.74) is 0. The Hall–Kier alpha value is -0.235. The summed E-state index contributed by atoms with van der Waals surface area (Å²) in [7, 11) is 1.88. The van der Waals surface area contributed by atoms with Crippen LogP contribution in [0.1, 0.15) is 38.5 Å². The summed E-state index contributed by atoms with van der Waals surface area (Å²) in [5.74, 6) is 2.27. The van der Waals surface area contributed by atoms with E-state index in [2.05, 4.69) is 12.7 Å². The summed E-state index contributed by atoms with van der Waals surface area (Å²) in [6, 6.07) is 0. The Labute approximate surface area is 88.0 Å². The molecule has 78 valence electrons. The molecular formula is C12H21BO. The summed E-state index contributed by atoms with van der Waals surface area (Å²) < 4.78 is 5.72. The fourth-order valence-electron chi connectivity index (χ4n) is 3.55. The highest BCUT2D eigenvalue weighted by Crippen LogP contribution is 2.46. The van der Waals surface area contributed by atoms with E-state index in [4.69, 9.17) is 4.65 Å². The van der Waals surface area contributed by atoms with Gasteiger partial charge in [0.25, 0.3) is 0 Å². The van der Waals surface area contributed by atoms with Crippen LogP contribution in [-0.2, 0) is 4.65 Å². The van der Waals surface area contributed by atoms with E-state index in [-0.39, 0.29) is 0 Å². The van der Waals surface area contributed by atoms with Crippen molar-refractivity contribution in [2.45, 2.75) is 50.2 Å². The van der Waals surface area contributed by atoms with Gasteiger partial charge in [-0.15, -0.1) is 6.58 Å². The first-order valence-corrected chi connectivity index (χ1v) is 6.02. The lowest BCUT2D eigenvalue weighted by Gasteiger charge is -2.25. The van der Waals surface area contributed by atoms with Gasteiger partial charge >= 0.3 is 6.92 Å². The van der Waals surface area contributed by atoms with Crippen LogP contribution in [0.2, 0.25) is 11.6 Å². The highest BCUT2D eigenvalue weighted by atomic mass is 16.4. The molecule has 0 amide bonds. The molecule has 0 aromatic rings. The quantitative estimate of drug-likeness (QED) is 0.480. The van der Waals surface area contributed by atoms with Crippen LogP contribution in [0.15, 0.2) is 12.7 Å². The zero-order valence-corrected chi connectivity index (χ0v) is 9.24. The molecule has 1 unspecified atom stereocenters. The zero-order chi connectivity index (χ0) is 9.97. The lowest BCUT2D eigenvalue weighted by atomic mass is 9.45. The molecule has 0 N–H and O–H groups in total. The van der Waals surface area contributed by atoms with Gasteiger partial charge in [0.2, 0.25) is 0 Å². The Morgan fingerprint density at radius 1 is 1.21 bits per heavy atom. The van der Waals surface area contributed by atoms with E-state index in [1.807, 2.05) is 7.11 Å². The second kappa shape index (κ2) is 4.52. The average molecular weight is 192 g/mol. The third kappa shape index (κ3) is 1.77. The number of allylic oxidation sites excluding steroid dienone is 1. The Kier molecular flexibility index (Phi) is 3.32. The zero-order valence-electron chi connectivity index (χ0n) is 9.24. The van der Waals surface area contributed by atoms with Crippen molar-refractivity contribution >= 4 is 6.92 Å². The maximum Gasteiger partial charge on any atom is 0.303 e. The van der Waals surface area contributed by atoms with Crippen LogP contribution in [0.25, 0.3) is 0 Å². The van der Waals surface area contributed by atoms with Gasteiger partial charge in [0.15, 0.2) is 0 Å². The highest BCUT2D eigenvalue weighted by Gasteiger charge is 2.41. The third-order valence-corrected chi connectivity index (χ3v) is 4.23. The Morgan fingerprint density at radius 3 is 2.36 bits per heavy atom. The molecule has 2 rings (SSSR count). The molecule has 2 aliphatic heterocycles. The van der Waals surface area contributed by atoms with Crippen LogP contribution in [0.4, 0.5) is 0 Å². The van der Waals surface area contributed by atoms with Crippen molar-refractivity contribution in [3.63, 3.8) is 0 Å². The molecule has 2 aliphatic rings. The lowest BCUT2D eigenvalue weighted by Crippen LogP contribution is -2.28. The molecule has 0 saturated carbocycles. The van der Waals surface area contributed by atoms with Gasteiger partial charge in [-0.05, 0) is 17.6 Å². The Bertz CT molecular complexity index is 194. The molecule has 0 radical (unpaired) electrons. The molecule has 0 aliphatic carbocycles. The molecule has 2 bridgehead atoms. The van der Waals surface area contributed by atoms with Crippen LogP contribution in [0, 0.1) is 5.92 Å². The molecule has 2 fully saturated rings. The average Bonchev–Trinajstić information content (AvgIpc) is 2.42. The van der Waals surface area contributed by atoms with E-state index in [0.717, 1.165) is 11.7 Å². The predicted octanol–water partition coefficient (Wildman–Crippen LogP) is 3.53. The molecule has 2 saturated heterocycles. The van der Waals surface area contributed by atoms with E-state index < -0.39 is 0 Å². The SMILES string of the molecule is C=CC1B(OC)C2CCCC1CCC2. The number of hydrogen-bond donors (Lipinski definition) is 0. The first-order chi connectivity index (χ1) is 6.86. The fraction of sp³-hybridized carbons (Fsp3) is 0.833. The summed E-state index contributed by atoms with van der Waals surface area (Å²) >= 11 is 0. The minimum Gasteiger partial charge on any atom is -0.438 e. The number of hydrogen-bond acceptors (Lipinski definition) is 1. The van der Waals surface area contributed by atoms with Crippen molar-refractivity contribution in [1.29, 1.82) is 0 Å². The number of rotatable bonds is 2. The second-order valence-electron chi connectivity index (χ2n) is 4.90. The largest absolute Gasteiger partial charge is 0.438 e. The summed E-state index contributed by atoms with van der Waals surface area (Å²) in [4.78, 5) is 0. The first-order valence-electron chi connectivity index (χ1n) is 6.02. The van der Waals surface area contributed by atoms with Crippen molar-refractivity contribution in [1.82, 2.24) is 0 Å². The maximum absolute atomic E-state index is 5.72. The van der Waals surface area contributed by atoms with Gasteiger partial charge in [0.1, 0.15) is 0 Å². The van der Waals surface area contributed by atoms with Crippen LogP contribution in [-0.4, -0.2) is 14.0 Å². The molecule has 0 aromatic heterocycles. The topological polar surface area (TPSA) is 9.23 Å². The summed E-state index contributed by atoms with van der Waals surface area (Å²) in [6.45, 7) is 4.47. The molecule has 14 heavy (non-hydrogen) atoms. The molecule has 2 heteroatoms. The summed E-state index contributed by atoms with van der Waals surface area (Å²) in [5, 5.41) is 0. The molecule has 0 aromatic carbocycles.